The summed E-state index contributed by atoms with van der Waals surface area (Å²) in [5.74, 6) is -0.681. The molecule has 1 atom stereocenters. The van der Waals surface area contributed by atoms with Gasteiger partial charge in [0.25, 0.3) is 10.0 Å². The number of aliphatic imine (C=N–C) groups is 1. The molecule has 6 aromatic rings. The number of hydrogen-bond donors (Lipinski definition) is 4. The normalized spacial score (nSPS) is 14.5. The van der Waals surface area contributed by atoms with Gasteiger partial charge in [-0.3, -0.25) is 0 Å². The summed E-state index contributed by atoms with van der Waals surface area (Å²) in [5, 5.41) is 15.9. The summed E-state index contributed by atoms with van der Waals surface area (Å²) < 4.78 is 44.0. The molecule has 6 aromatic carbocycles. The summed E-state index contributed by atoms with van der Waals surface area (Å²) in [7, 11) is -4.23. The van der Waals surface area contributed by atoms with Crippen LogP contribution in [-0.4, -0.2) is 49.8 Å². The van der Waals surface area contributed by atoms with Crippen molar-refractivity contribution in [3.8, 4) is 16.9 Å². The third kappa shape index (κ3) is 9.03. The maximum absolute atomic E-state index is 14.6. The molecule has 0 spiro atoms. The molecule has 1 aliphatic heterocycles. The van der Waals surface area contributed by atoms with Crippen molar-refractivity contribution in [2.75, 3.05) is 11.9 Å². The molecule has 322 valence electrons. The molecule has 0 aromatic heterocycles. The summed E-state index contributed by atoms with van der Waals surface area (Å²) in [6.07, 6.45) is -0.298. The second-order valence-electron chi connectivity index (χ2n) is 16.7. The molecule has 8 rings (SSSR count). The van der Waals surface area contributed by atoms with Gasteiger partial charge in [-0.2, -0.15) is 0 Å². The molecule has 0 saturated carbocycles. The predicted octanol–water partition coefficient (Wildman–Crippen LogP) is 9.40. The second kappa shape index (κ2) is 17.5. The largest absolute Gasteiger partial charge is 0.487 e. The van der Waals surface area contributed by atoms with Gasteiger partial charge in [0.1, 0.15) is 30.0 Å². The standard InChI is InChI=1S/C51H50N4O7S/c1-31-32(2)47(33(3)42-29-51(4,5)62-46(31)42)63(59,60)55-49(54-45(35-16-8-6-9-17-35)36-18-10-7-11-19-36)52-37-26-24-34(25-27-37)28-44(48(56)57)53-50(58)61-30-43-40-22-14-12-20-38(40)39-21-13-15-23-41(39)43/h6-27,43-45H,28-30H2,1-5H3,(H,53,58)(H,56,57)(H2,52,54,55). The highest BCUT2D eigenvalue weighted by Crippen LogP contribution is 2.45. The molecule has 63 heavy (non-hydrogen) atoms. The Morgan fingerprint density at radius 2 is 1.33 bits per heavy atom. The first kappa shape index (κ1) is 42.8. The number of alkyl carbamates (subject to hydrolysis) is 1. The van der Waals surface area contributed by atoms with E-state index in [0.717, 1.165) is 50.3 Å². The molecule has 0 bridgehead atoms. The highest BCUT2D eigenvalue weighted by molar-refractivity contribution is 7.90. The molecule has 0 fully saturated rings. The van der Waals surface area contributed by atoms with Gasteiger partial charge in [0.05, 0.1) is 4.90 Å². The molecule has 0 radical (unpaired) electrons. The minimum Gasteiger partial charge on any atom is -0.487 e. The first-order valence-corrected chi connectivity index (χ1v) is 22.4. The topological polar surface area (TPSA) is 155 Å². The Morgan fingerprint density at radius 1 is 0.778 bits per heavy atom. The Morgan fingerprint density at radius 3 is 1.90 bits per heavy atom. The van der Waals surface area contributed by atoms with Crippen molar-refractivity contribution in [3.05, 3.63) is 184 Å². The third-order valence-electron chi connectivity index (χ3n) is 11.9. The number of nitrogens with zero attached hydrogens (tertiary/aromatic N) is 1. The number of carbonyl (C=O) groups is 2. The van der Waals surface area contributed by atoms with Crippen LogP contribution in [0.3, 0.4) is 0 Å². The van der Waals surface area contributed by atoms with E-state index in [2.05, 4.69) is 15.4 Å². The molecule has 1 heterocycles. The smallest absolute Gasteiger partial charge is 0.407 e. The summed E-state index contributed by atoms with van der Waals surface area (Å²) in [6, 6.07) is 40.2. The van der Waals surface area contributed by atoms with Crippen LogP contribution in [-0.2, 0) is 32.4 Å². The monoisotopic (exact) mass is 862 g/mol. The van der Waals surface area contributed by atoms with Crippen LogP contribution in [0.4, 0.5) is 10.5 Å². The average molecular weight is 863 g/mol. The van der Waals surface area contributed by atoms with Crippen molar-refractivity contribution in [1.82, 2.24) is 10.0 Å². The maximum Gasteiger partial charge on any atom is 0.407 e. The van der Waals surface area contributed by atoms with Crippen molar-refractivity contribution in [2.24, 2.45) is 4.99 Å². The number of benzene rings is 6. The van der Waals surface area contributed by atoms with E-state index in [1.54, 1.807) is 31.2 Å². The summed E-state index contributed by atoms with van der Waals surface area (Å²) in [5.41, 5.74) is 9.45. The Bertz CT molecular complexity index is 2740. The summed E-state index contributed by atoms with van der Waals surface area (Å²) >= 11 is 0. The van der Waals surface area contributed by atoms with Gasteiger partial charge in [-0.15, -0.1) is 0 Å². The van der Waals surface area contributed by atoms with E-state index >= 15 is 0 Å². The number of amides is 1. The lowest BCUT2D eigenvalue weighted by molar-refractivity contribution is -0.139. The molecule has 1 aliphatic carbocycles. The number of hydrogen-bond acceptors (Lipinski definition) is 7. The van der Waals surface area contributed by atoms with Crippen LogP contribution in [0, 0.1) is 20.8 Å². The van der Waals surface area contributed by atoms with Gasteiger partial charge in [0.15, 0.2) is 0 Å². The molecule has 4 N–H and O–H groups in total. The number of carbonyl (C=O) groups excluding carboxylic acids is 1. The molecule has 12 heteroatoms. The quantitative estimate of drug-likeness (QED) is 0.0701. The highest BCUT2D eigenvalue weighted by atomic mass is 32.2. The molecule has 1 unspecified atom stereocenters. The molecule has 1 amide bonds. The average Bonchev–Trinajstić information content (AvgIpc) is 3.78. The molecule has 2 aliphatic rings. The lowest BCUT2D eigenvalue weighted by atomic mass is 9.94. The van der Waals surface area contributed by atoms with Gasteiger partial charge in [-0.05, 0) is 102 Å². The summed E-state index contributed by atoms with van der Waals surface area (Å²) in [4.78, 5) is 30.7. The van der Waals surface area contributed by atoms with E-state index in [1.807, 2.05) is 137 Å². The van der Waals surface area contributed by atoms with E-state index < -0.39 is 39.8 Å². The number of rotatable bonds is 12. The number of carboxylic acids is 1. The fraction of sp³-hybridized carbons (Fsp3) is 0.235. The van der Waals surface area contributed by atoms with Crippen LogP contribution in [0.25, 0.3) is 11.1 Å². The number of ether oxygens (including phenoxy) is 2. The van der Waals surface area contributed by atoms with Crippen molar-refractivity contribution in [1.29, 1.82) is 0 Å². The predicted molar refractivity (Wildman–Crippen MR) is 245 cm³/mol. The number of fused-ring (bicyclic) bond motifs is 4. The van der Waals surface area contributed by atoms with Crippen LogP contribution in [0.15, 0.2) is 143 Å². The Kier molecular flexibility index (Phi) is 11.8. The Labute approximate surface area is 368 Å². The van der Waals surface area contributed by atoms with E-state index in [0.29, 0.717) is 28.8 Å². The van der Waals surface area contributed by atoms with Gasteiger partial charge < -0.3 is 25.2 Å². The van der Waals surface area contributed by atoms with Crippen molar-refractivity contribution in [2.45, 2.75) is 76.0 Å². The fourth-order valence-electron chi connectivity index (χ4n) is 8.73. The van der Waals surface area contributed by atoms with Crippen LogP contribution >= 0.6 is 0 Å². The number of nitrogens with one attached hydrogen (secondary N) is 3. The van der Waals surface area contributed by atoms with E-state index in [9.17, 15) is 23.1 Å². The number of carboxylic acid groups (broad SMARTS) is 1. The number of anilines is 1. The van der Waals surface area contributed by atoms with Crippen LogP contribution in [0.1, 0.15) is 75.9 Å². The van der Waals surface area contributed by atoms with E-state index in [4.69, 9.17) is 14.5 Å². The lowest BCUT2D eigenvalue weighted by Crippen LogP contribution is -2.42. The molecule has 0 saturated heterocycles. The zero-order chi connectivity index (χ0) is 44.5. The van der Waals surface area contributed by atoms with Crippen LogP contribution in [0.2, 0.25) is 0 Å². The zero-order valence-electron chi connectivity index (χ0n) is 35.8. The van der Waals surface area contributed by atoms with Gasteiger partial charge in [0, 0.05) is 30.0 Å². The van der Waals surface area contributed by atoms with Crippen molar-refractivity contribution in [3.63, 3.8) is 0 Å². The summed E-state index contributed by atoms with van der Waals surface area (Å²) in [6.45, 7) is 9.52. The maximum atomic E-state index is 14.6. The highest BCUT2D eigenvalue weighted by Gasteiger charge is 2.37. The minimum absolute atomic E-state index is 0.0191. The lowest BCUT2D eigenvalue weighted by Gasteiger charge is -2.21. The first-order valence-electron chi connectivity index (χ1n) is 20.9. The number of aliphatic carboxylic acids is 1. The van der Waals surface area contributed by atoms with E-state index in [1.165, 1.54) is 0 Å². The molecular formula is C51H50N4O7S. The Hall–Kier alpha value is -6.92. The van der Waals surface area contributed by atoms with Gasteiger partial charge in [-0.25, -0.2) is 27.7 Å². The van der Waals surface area contributed by atoms with Gasteiger partial charge in [-0.1, -0.05) is 121 Å². The fourth-order valence-corrected chi connectivity index (χ4v) is 10.3. The van der Waals surface area contributed by atoms with Crippen LogP contribution in [0.5, 0.6) is 5.75 Å². The molecular weight excluding hydrogens is 813 g/mol. The number of sulfonamides is 1. The van der Waals surface area contributed by atoms with Crippen molar-refractivity contribution >= 4 is 33.7 Å². The van der Waals surface area contributed by atoms with Gasteiger partial charge >= 0.3 is 12.1 Å². The van der Waals surface area contributed by atoms with E-state index in [-0.39, 0.29) is 29.8 Å². The van der Waals surface area contributed by atoms with Gasteiger partial charge in [0.2, 0.25) is 5.96 Å². The van der Waals surface area contributed by atoms with Crippen molar-refractivity contribution < 1.29 is 32.6 Å². The first-order chi connectivity index (χ1) is 30.2. The minimum atomic E-state index is -4.23. The van der Waals surface area contributed by atoms with Crippen LogP contribution < -0.4 is 20.1 Å². The SMILES string of the molecule is Cc1c(C)c(S(=O)(=O)NC(=NC(c2ccccc2)c2ccccc2)Nc2ccc(CC(NC(=O)OCC3c4ccccc4-c4ccccc43)C(=O)O)cc2)c(C)c2c1OC(C)(C)C2. The third-order valence-corrected chi connectivity index (χ3v) is 13.5. The second-order valence-corrected chi connectivity index (χ2v) is 18.4. The number of guanidine groups is 1. The Balaban J connectivity index is 1.03. The zero-order valence-corrected chi connectivity index (χ0v) is 36.6. The molecule has 11 nitrogen and oxygen atoms in total.